The zero-order valence-corrected chi connectivity index (χ0v) is 11.1. The Bertz CT molecular complexity index is 417. The van der Waals surface area contributed by atoms with Gasteiger partial charge in [0.1, 0.15) is 0 Å². The standard InChI is InChI=1S/C15H21NO2/c1-3-18-15(17)12-8-4-5-9-14(12)16-13-10-6-7-11(13)2/h4-5,8-9,11,13,16H,3,6-7,10H2,1-2H3. The number of esters is 1. The van der Waals surface area contributed by atoms with Crippen LogP contribution in [0.25, 0.3) is 0 Å². The number of carbonyl (C=O) groups excluding carboxylic acids is 1. The molecule has 0 spiro atoms. The lowest BCUT2D eigenvalue weighted by molar-refractivity contribution is 0.0527. The molecule has 1 aliphatic carbocycles. The highest BCUT2D eigenvalue weighted by atomic mass is 16.5. The molecule has 0 aromatic heterocycles. The van der Waals surface area contributed by atoms with Crippen LogP contribution in [0.4, 0.5) is 5.69 Å². The van der Waals surface area contributed by atoms with Gasteiger partial charge in [-0.05, 0) is 37.8 Å². The summed E-state index contributed by atoms with van der Waals surface area (Å²) in [4.78, 5) is 11.9. The number of anilines is 1. The van der Waals surface area contributed by atoms with Crippen LogP contribution < -0.4 is 5.32 Å². The van der Waals surface area contributed by atoms with Crippen molar-refractivity contribution in [1.29, 1.82) is 0 Å². The van der Waals surface area contributed by atoms with Crippen LogP contribution in [0.15, 0.2) is 24.3 Å². The minimum absolute atomic E-state index is 0.244. The van der Waals surface area contributed by atoms with Crippen molar-refractivity contribution in [3.8, 4) is 0 Å². The quantitative estimate of drug-likeness (QED) is 0.828. The molecule has 1 aromatic carbocycles. The van der Waals surface area contributed by atoms with E-state index >= 15 is 0 Å². The zero-order chi connectivity index (χ0) is 13.0. The van der Waals surface area contributed by atoms with E-state index in [2.05, 4.69) is 12.2 Å². The van der Waals surface area contributed by atoms with Crippen molar-refractivity contribution in [2.24, 2.45) is 5.92 Å². The fraction of sp³-hybridized carbons (Fsp3) is 0.533. The maximum Gasteiger partial charge on any atom is 0.340 e. The second-order valence-corrected chi connectivity index (χ2v) is 4.93. The van der Waals surface area contributed by atoms with Crippen LogP contribution in [0.5, 0.6) is 0 Å². The molecule has 1 fully saturated rings. The molecule has 2 unspecified atom stereocenters. The first-order valence-electron chi connectivity index (χ1n) is 6.75. The Balaban J connectivity index is 2.14. The van der Waals surface area contributed by atoms with Gasteiger partial charge in [-0.2, -0.15) is 0 Å². The third kappa shape index (κ3) is 2.84. The predicted octanol–water partition coefficient (Wildman–Crippen LogP) is 3.46. The smallest absolute Gasteiger partial charge is 0.340 e. The van der Waals surface area contributed by atoms with E-state index in [1.54, 1.807) is 0 Å². The van der Waals surface area contributed by atoms with Gasteiger partial charge in [0.2, 0.25) is 0 Å². The van der Waals surface area contributed by atoms with Crippen LogP contribution in [0.3, 0.4) is 0 Å². The third-order valence-electron chi connectivity index (χ3n) is 3.62. The number of nitrogens with one attached hydrogen (secondary N) is 1. The highest BCUT2D eigenvalue weighted by Crippen LogP contribution is 2.29. The minimum Gasteiger partial charge on any atom is -0.462 e. The molecule has 1 N–H and O–H groups in total. The van der Waals surface area contributed by atoms with Crippen LogP contribution in [0, 0.1) is 5.92 Å². The molecule has 0 saturated heterocycles. The molecular weight excluding hydrogens is 226 g/mol. The van der Waals surface area contributed by atoms with Crippen molar-refractivity contribution in [1.82, 2.24) is 0 Å². The Morgan fingerprint density at radius 2 is 2.17 bits per heavy atom. The van der Waals surface area contributed by atoms with Crippen molar-refractivity contribution in [3.05, 3.63) is 29.8 Å². The number of hydrogen-bond donors (Lipinski definition) is 1. The van der Waals surface area contributed by atoms with Gasteiger partial charge in [0.15, 0.2) is 0 Å². The van der Waals surface area contributed by atoms with Crippen LogP contribution in [0.1, 0.15) is 43.5 Å². The molecule has 98 valence electrons. The zero-order valence-electron chi connectivity index (χ0n) is 11.1. The van der Waals surface area contributed by atoms with E-state index < -0.39 is 0 Å². The molecule has 1 aliphatic rings. The fourth-order valence-corrected chi connectivity index (χ4v) is 2.56. The van der Waals surface area contributed by atoms with E-state index in [1.807, 2.05) is 31.2 Å². The maximum absolute atomic E-state index is 11.9. The average Bonchev–Trinajstić information content (AvgIpc) is 2.76. The molecule has 3 nitrogen and oxygen atoms in total. The number of benzene rings is 1. The SMILES string of the molecule is CCOC(=O)c1ccccc1NC1CCCC1C. The average molecular weight is 247 g/mol. The Hall–Kier alpha value is -1.51. The Kier molecular flexibility index (Phi) is 4.24. The molecule has 3 heteroatoms. The van der Waals surface area contributed by atoms with Crippen LogP contribution in [0.2, 0.25) is 0 Å². The summed E-state index contributed by atoms with van der Waals surface area (Å²) in [5, 5.41) is 3.50. The predicted molar refractivity (Wildman–Crippen MR) is 72.8 cm³/mol. The minimum atomic E-state index is -0.244. The topological polar surface area (TPSA) is 38.3 Å². The second kappa shape index (κ2) is 5.89. The molecule has 0 aliphatic heterocycles. The molecule has 1 saturated carbocycles. The first-order chi connectivity index (χ1) is 8.72. The van der Waals surface area contributed by atoms with Crippen molar-refractivity contribution in [2.75, 3.05) is 11.9 Å². The highest BCUT2D eigenvalue weighted by Gasteiger charge is 2.24. The van der Waals surface area contributed by atoms with E-state index in [-0.39, 0.29) is 5.97 Å². The van der Waals surface area contributed by atoms with Crippen LogP contribution >= 0.6 is 0 Å². The number of ether oxygens (including phenoxy) is 1. The van der Waals surface area contributed by atoms with Gasteiger partial charge in [-0.15, -0.1) is 0 Å². The number of para-hydroxylation sites is 1. The first kappa shape index (κ1) is 12.9. The molecule has 0 amide bonds. The van der Waals surface area contributed by atoms with Crippen molar-refractivity contribution in [3.63, 3.8) is 0 Å². The molecule has 18 heavy (non-hydrogen) atoms. The molecular formula is C15H21NO2. The summed E-state index contributed by atoms with van der Waals surface area (Å²) in [5.41, 5.74) is 1.54. The summed E-state index contributed by atoms with van der Waals surface area (Å²) in [5.74, 6) is 0.423. The van der Waals surface area contributed by atoms with E-state index in [9.17, 15) is 4.79 Å². The third-order valence-corrected chi connectivity index (χ3v) is 3.62. The number of rotatable bonds is 4. The van der Waals surface area contributed by atoms with E-state index in [1.165, 1.54) is 19.3 Å². The van der Waals surface area contributed by atoms with Gasteiger partial charge in [-0.25, -0.2) is 4.79 Å². The summed E-state index contributed by atoms with van der Waals surface area (Å²) in [6.45, 7) is 4.50. The largest absolute Gasteiger partial charge is 0.462 e. The van der Waals surface area contributed by atoms with Gasteiger partial charge in [0.05, 0.1) is 12.2 Å². The van der Waals surface area contributed by atoms with Gasteiger partial charge in [-0.3, -0.25) is 0 Å². The lowest BCUT2D eigenvalue weighted by Gasteiger charge is -2.20. The van der Waals surface area contributed by atoms with Gasteiger partial charge in [0.25, 0.3) is 0 Å². The molecule has 1 aromatic rings. The summed E-state index contributed by atoms with van der Waals surface area (Å²) < 4.78 is 5.08. The molecule has 0 radical (unpaired) electrons. The van der Waals surface area contributed by atoms with Crippen LogP contribution in [-0.4, -0.2) is 18.6 Å². The summed E-state index contributed by atoms with van der Waals surface area (Å²) in [6, 6.07) is 8.07. The molecule has 0 bridgehead atoms. The maximum atomic E-state index is 11.9. The lowest BCUT2D eigenvalue weighted by atomic mass is 10.1. The fourth-order valence-electron chi connectivity index (χ4n) is 2.56. The van der Waals surface area contributed by atoms with Gasteiger partial charge < -0.3 is 10.1 Å². The molecule has 2 atom stereocenters. The van der Waals surface area contributed by atoms with Gasteiger partial charge in [0, 0.05) is 11.7 Å². The highest BCUT2D eigenvalue weighted by molar-refractivity contribution is 5.95. The second-order valence-electron chi connectivity index (χ2n) is 4.93. The normalized spacial score (nSPS) is 22.8. The Morgan fingerprint density at radius 3 is 2.83 bits per heavy atom. The molecule has 0 heterocycles. The summed E-state index contributed by atoms with van der Waals surface area (Å²) >= 11 is 0. The van der Waals surface area contributed by atoms with Crippen LogP contribution in [-0.2, 0) is 4.74 Å². The van der Waals surface area contributed by atoms with E-state index in [4.69, 9.17) is 4.74 Å². The molecule has 2 rings (SSSR count). The van der Waals surface area contributed by atoms with E-state index in [0.717, 1.165) is 5.69 Å². The van der Waals surface area contributed by atoms with Crippen molar-refractivity contribution in [2.45, 2.75) is 39.2 Å². The summed E-state index contributed by atoms with van der Waals surface area (Å²) in [6.07, 6.45) is 3.71. The monoisotopic (exact) mass is 247 g/mol. The van der Waals surface area contributed by atoms with Gasteiger partial charge >= 0.3 is 5.97 Å². The first-order valence-corrected chi connectivity index (χ1v) is 6.75. The van der Waals surface area contributed by atoms with Gasteiger partial charge in [-0.1, -0.05) is 25.5 Å². The summed E-state index contributed by atoms with van der Waals surface area (Å²) in [7, 11) is 0. The lowest BCUT2D eigenvalue weighted by Crippen LogP contribution is -2.23. The number of carbonyl (C=O) groups is 1. The Labute approximate surface area is 109 Å². The van der Waals surface area contributed by atoms with Crippen molar-refractivity contribution >= 4 is 11.7 Å². The van der Waals surface area contributed by atoms with Crippen molar-refractivity contribution < 1.29 is 9.53 Å². The van der Waals surface area contributed by atoms with E-state index in [0.29, 0.717) is 24.1 Å². The number of hydrogen-bond acceptors (Lipinski definition) is 3. The Morgan fingerprint density at radius 1 is 1.39 bits per heavy atom.